The molecule has 4 nitrogen and oxygen atoms in total. The SMILES string of the molecule is Cc1cc2onc(N)c2c(C)n1. The van der Waals surface area contributed by atoms with Crippen molar-refractivity contribution in [3.05, 3.63) is 17.5 Å². The fourth-order valence-corrected chi connectivity index (χ4v) is 1.32. The molecule has 0 radical (unpaired) electrons. The molecule has 2 aromatic rings. The topological polar surface area (TPSA) is 64.9 Å². The van der Waals surface area contributed by atoms with E-state index in [2.05, 4.69) is 10.1 Å². The van der Waals surface area contributed by atoms with Crippen molar-refractivity contribution in [2.75, 3.05) is 5.73 Å². The van der Waals surface area contributed by atoms with E-state index >= 15 is 0 Å². The van der Waals surface area contributed by atoms with Gasteiger partial charge >= 0.3 is 0 Å². The number of aromatic nitrogens is 2. The first kappa shape index (κ1) is 7.09. The van der Waals surface area contributed by atoms with Crippen LogP contribution in [0.25, 0.3) is 11.0 Å². The highest BCUT2D eigenvalue weighted by Crippen LogP contribution is 2.22. The summed E-state index contributed by atoms with van der Waals surface area (Å²) in [5, 5.41) is 4.48. The van der Waals surface area contributed by atoms with Gasteiger partial charge in [-0.25, -0.2) is 0 Å². The van der Waals surface area contributed by atoms with Gasteiger partial charge in [-0.2, -0.15) is 0 Å². The predicted molar refractivity (Wildman–Crippen MR) is 45.7 cm³/mol. The molecule has 0 spiro atoms. The van der Waals surface area contributed by atoms with Gasteiger partial charge < -0.3 is 10.3 Å². The zero-order chi connectivity index (χ0) is 8.72. The summed E-state index contributed by atoms with van der Waals surface area (Å²) in [6.45, 7) is 3.80. The van der Waals surface area contributed by atoms with Crippen LogP contribution >= 0.6 is 0 Å². The molecule has 0 amide bonds. The molecular formula is C8H9N3O. The number of pyridine rings is 1. The van der Waals surface area contributed by atoms with E-state index in [1.165, 1.54) is 0 Å². The number of hydrogen-bond acceptors (Lipinski definition) is 4. The van der Waals surface area contributed by atoms with Gasteiger partial charge in [-0.1, -0.05) is 5.16 Å². The molecule has 2 rings (SSSR count). The van der Waals surface area contributed by atoms with Crippen LogP contribution in [-0.2, 0) is 0 Å². The quantitative estimate of drug-likeness (QED) is 0.637. The van der Waals surface area contributed by atoms with Crippen LogP contribution in [0.3, 0.4) is 0 Å². The second-order valence-electron chi connectivity index (χ2n) is 2.79. The summed E-state index contributed by atoms with van der Waals surface area (Å²) in [5.41, 5.74) is 8.07. The van der Waals surface area contributed by atoms with Crippen molar-refractivity contribution in [3.63, 3.8) is 0 Å². The number of aryl methyl sites for hydroxylation is 2. The number of nitrogens with two attached hydrogens (primary N) is 1. The molecule has 2 aromatic heterocycles. The summed E-state index contributed by atoms with van der Waals surface area (Å²) in [5.74, 6) is 0.412. The lowest BCUT2D eigenvalue weighted by Gasteiger charge is -1.95. The third-order valence-electron chi connectivity index (χ3n) is 1.79. The Balaban J connectivity index is 2.93. The molecule has 0 aliphatic carbocycles. The lowest BCUT2D eigenvalue weighted by Crippen LogP contribution is -1.89. The molecule has 12 heavy (non-hydrogen) atoms. The Morgan fingerprint density at radius 1 is 1.42 bits per heavy atom. The van der Waals surface area contributed by atoms with E-state index < -0.39 is 0 Å². The van der Waals surface area contributed by atoms with Crippen molar-refractivity contribution in [1.29, 1.82) is 0 Å². The van der Waals surface area contributed by atoms with E-state index in [-0.39, 0.29) is 0 Å². The number of hydrogen-bond donors (Lipinski definition) is 1. The average molecular weight is 163 g/mol. The standard InChI is InChI=1S/C8H9N3O/c1-4-3-6-7(5(2)10-4)8(9)11-12-6/h3H,1-2H3,(H2,9,11). The van der Waals surface area contributed by atoms with Gasteiger partial charge in [0.1, 0.15) is 0 Å². The summed E-state index contributed by atoms with van der Waals surface area (Å²) >= 11 is 0. The highest BCUT2D eigenvalue weighted by Gasteiger charge is 2.08. The second kappa shape index (κ2) is 2.20. The van der Waals surface area contributed by atoms with Gasteiger partial charge in [0.25, 0.3) is 0 Å². The maximum atomic E-state index is 5.58. The Morgan fingerprint density at radius 2 is 2.17 bits per heavy atom. The zero-order valence-corrected chi connectivity index (χ0v) is 6.96. The van der Waals surface area contributed by atoms with Crippen LogP contribution in [-0.4, -0.2) is 10.1 Å². The molecule has 0 saturated carbocycles. The first-order valence-corrected chi connectivity index (χ1v) is 3.67. The van der Waals surface area contributed by atoms with Crippen LogP contribution in [0.4, 0.5) is 5.82 Å². The van der Waals surface area contributed by atoms with Crippen LogP contribution in [0.5, 0.6) is 0 Å². The van der Waals surface area contributed by atoms with E-state index in [0.29, 0.717) is 11.4 Å². The Hall–Kier alpha value is -1.58. The molecule has 2 heterocycles. The maximum Gasteiger partial charge on any atom is 0.176 e. The molecule has 0 atom stereocenters. The van der Waals surface area contributed by atoms with Gasteiger partial charge in [-0.15, -0.1) is 0 Å². The van der Waals surface area contributed by atoms with E-state index in [1.807, 2.05) is 19.9 Å². The van der Waals surface area contributed by atoms with Crippen LogP contribution in [0, 0.1) is 13.8 Å². The molecule has 2 N–H and O–H groups in total. The molecule has 0 saturated heterocycles. The minimum Gasteiger partial charge on any atom is -0.380 e. The van der Waals surface area contributed by atoms with Crippen molar-refractivity contribution in [2.45, 2.75) is 13.8 Å². The second-order valence-corrected chi connectivity index (χ2v) is 2.79. The summed E-state index contributed by atoms with van der Waals surface area (Å²) in [6, 6.07) is 1.83. The highest BCUT2D eigenvalue weighted by molar-refractivity contribution is 5.88. The molecule has 0 aromatic carbocycles. The normalized spacial score (nSPS) is 10.8. The minimum atomic E-state index is 0.412. The first-order chi connectivity index (χ1) is 5.68. The fourth-order valence-electron chi connectivity index (χ4n) is 1.32. The third kappa shape index (κ3) is 0.845. The van der Waals surface area contributed by atoms with E-state index in [0.717, 1.165) is 16.8 Å². The van der Waals surface area contributed by atoms with E-state index in [4.69, 9.17) is 10.3 Å². The Kier molecular flexibility index (Phi) is 1.30. The summed E-state index contributed by atoms with van der Waals surface area (Å²) < 4.78 is 5.00. The molecule has 4 heteroatoms. The van der Waals surface area contributed by atoms with Crippen LogP contribution in [0.15, 0.2) is 10.6 Å². The van der Waals surface area contributed by atoms with E-state index in [9.17, 15) is 0 Å². The Labute approximate surface area is 69.4 Å². The molecule has 0 unspecified atom stereocenters. The molecule has 0 aliphatic heterocycles. The maximum absolute atomic E-state index is 5.58. The molecule has 0 fully saturated rings. The van der Waals surface area contributed by atoms with Gasteiger partial charge in [0.15, 0.2) is 11.4 Å². The lowest BCUT2D eigenvalue weighted by atomic mass is 10.2. The van der Waals surface area contributed by atoms with Gasteiger partial charge in [-0.05, 0) is 13.8 Å². The van der Waals surface area contributed by atoms with Crippen molar-refractivity contribution in [2.24, 2.45) is 0 Å². The number of nitrogen functional groups attached to an aromatic ring is 1. The largest absolute Gasteiger partial charge is 0.380 e. The van der Waals surface area contributed by atoms with Gasteiger partial charge in [0.2, 0.25) is 0 Å². The minimum absolute atomic E-state index is 0.412. The van der Waals surface area contributed by atoms with Crippen molar-refractivity contribution in [3.8, 4) is 0 Å². The number of fused-ring (bicyclic) bond motifs is 1. The number of anilines is 1. The Morgan fingerprint density at radius 3 is 2.92 bits per heavy atom. The van der Waals surface area contributed by atoms with Crippen LogP contribution in [0.2, 0.25) is 0 Å². The average Bonchev–Trinajstić information content (AvgIpc) is 2.31. The third-order valence-corrected chi connectivity index (χ3v) is 1.79. The highest BCUT2D eigenvalue weighted by atomic mass is 16.5. The van der Waals surface area contributed by atoms with Crippen molar-refractivity contribution in [1.82, 2.24) is 10.1 Å². The summed E-state index contributed by atoms with van der Waals surface area (Å²) in [4.78, 5) is 4.25. The fraction of sp³-hybridized carbons (Fsp3) is 0.250. The predicted octanol–water partition coefficient (Wildman–Crippen LogP) is 1.42. The molecular weight excluding hydrogens is 154 g/mol. The molecule has 0 bridgehead atoms. The van der Waals surface area contributed by atoms with Gasteiger partial charge in [0.05, 0.1) is 11.1 Å². The summed E-state index contributed by atoms with van der Waals surface area (Å²) in [7, 11) is 0. The molecule has 62 valence electrons. The van der Waals surface area contributed by atoms with Crippen LogP contribution < -0.4 is 5.73 Å². The van der Waals surface area contributed by atoms with Crippen molar-refractivity contribution >= 4 is 16.8 Å². The lowest BCUT2D eigenvalue weighted by molar-refractivity contribution is 0.460. The number of rotatable bonds is 0. The van der Waals surface area contributed by atoms with Crippen LogP contribution in [0.1, 0.15) is 11.4 Å². The zero-order valence-electron chi connectivity index (χ0n) is 6.96. The monoisotopic (exact) mass is 163 g/mol. The van der Waals surface area contributed by atoms with E-state index in [1.54, 1.807) is 0 Å². The molecule has 0 aliphatic rings. The van der Waals surface area contributed by atoms with Gasteiger partial charge in [0, 0.05) is 11.8 Å². The van der Waals surface area contributed by atoms with Crippen molar-refractivity contribution < 1.29 is 4.52 Å². The summed E-state index contributed by atoms with van der Waals surface area (Å²) in [6.07, 6.45) is 0. The Bertz CT molecular complexity index is 433. The number of nitrogens with zero attached hydrogens (tertiary/aromatic N) is 2. The smallest absolute Gasteiger partial charge is 0.176 e. The first-order valence-electron chi connectivity index (χ1n) is 3.67. The van der Waals surface area contributed by atoms with Gasteiger partial charge in [-0.3, -0.25) is 4.98 Å².